The molecule has 0 aromatic rings. The second-order valence-electron chi connectivity index (χ2n) is 0.408. The van der Waals surface area contributed by atoms with Gasteiger partial charge in [-0.3, -0.25) is 0 Å². The second-order valence-corrected chi connectivity index (χ2v) is 1.22. The van der Waals surface area contributed by atoms with E-state index in [0.29, 0.717) is 0 Å². The standard InChI is InChI=1S/CH6OSi.ClH3Si/c1-2-3;1-2/h1,3H3;2H3. The van der Waals surface area contributed by atoms with Gasteiger partial charge in [0, 0.05) is 7.11 Å². The quantitative estimate of drug-likeness (QED) is 0.283. The molecule has 0 aliphatic carbocycles. The van der Waals surface area contributed by atoms with E-state index in [-0.39, 0.29) is 0 Å². The first kappa shape index (κ1) is 9.19. The summed E-state index contributed by atoms with van der Waals surface area (Å²) in [5, 5.41) is 0. The van der Waals surface area contributed by atoms with Gasteiger partial charge in [0.05, 0.1) is 0 Å². The average Bonchev–Trinajstić information content (AvgIpc) is 1.46. The molecular weight excluding hydrogens is 120 g/mol. The number of rotatable bonds is 0. The Labute approximate surface area is 43.3 Å². The van der Waals surface area contributed by atoms with E-state index in [1.54, 1.807) is 7.11 Å². The Kier molecular flexibility index (Phi) is 41.2. The molecule has 0 unspecified atom stereocenters. The maximum absolute atomic E-state index is 4.78. The molecule has 0 rings (SSSR count). The Balaban J connectivity index is 0. The maximum Gasteiger partial charge on any atom is 0.145 e. The van der Waals surface area contributed by atoms with Gasteiger partial charge in [-0.2, -0.15) is 11.1 Å². The van der Waals surface area contributed by atoms with E-state index in [1.807, 2.05) is 0 Å². The van der Waals surface area contributed by atoms with Crippen LogP contribution >= 0.6 is 11.1 Å². The minimum absolute atomic E-state index is 0.778. The Morgan fingerprint density at radius 2 is 1.60 bits per heavy atom. The van der Waals surface area contributed by atoms with E-state index in [1.165, 1.54) is 0 Å². The smallest absolute Gasteiger partial charge is 0.145 e. The van der Waals surface area contributed by atoms with Crippen LogP contribution in [0.3, 0.4) is 0 Å². The Morgan fingerprint density at radius 3 is 1.60 bits per heavy atom. The van der Waals surface area contributed by atoms with E-state index in [2.05, 4.69) is 4.43 Å². The first-order chi connectivity index (χ1) is 2.41. The normalized spacial score (nSPS) is 6.00. The third-order valence-electron chi connectivity index (χ3n) is 0. The Morgan fingerprint density at radius 1 is 1.60 bits per heavy atom. The van der Waals surface area contributed by atoms with E-state index in [0.717, 1.165) is 20.0 Å². The van der Waals surface area contributed by atoms with Gasteiger partial charge in [-0.05, 0) is 0 Å². The van der Waals surface area contributed by atoms with E-state index < -0.39 is 0 Å². The molecule has 0 bridgehead atoms. The van der Waals surface area contributed by atoms with Crippen LogP contribution in [0, 0.1) is 0 Å². The summed E-state index contributed by atoms with van der Waals surface area (Å²) >= 11 is 4.78. The first-order valence-electron chi connectivity index (χ1n) is 1.19. The molecular formula is CH9ClOSi2. The molecule has 0 spiro atoms. The van der Waals surface area contributed by atoms with Crippen LogP contribution in [-0.2, 0) is 4.43 Å². The number of hydrogen-bond donors (Lipinski definition) is 0. The monoisotopic (exact) mass is 128 g/mol. The van der Waals surface area contributed by atoms with Crippen LogP contribution < -0.4 is 0 Å². The molecule has 0 saturated carbocycles. The summed E-state index contributed by atoms with van der Waals surface area (Å²) in [6, 6.07) is 0. The lowest BCUT2D eigenvalue weighted by Crippen LogP contribution is -1.60. The van der Waals surface area contributed by atoms with Gasteiger partial charge in [0.15, 0.2) is 0 Å². The molecule has 1 nitrogen and oxygen atoms in total. The van der Waals surface area contributed by atoms with Gasteiger partial charge in [0.2, 0.25) is 0 Å². The van der Waals surface area contributed by atoms with Crippen LogP contribution in [0.5, 0.6) is 0 Å². The lowest BCUT2D eigenvalue weighted by Gasteiger charge is -1.61. The van der Waals surface area contributed by atoms with Crippen molar-refractivity contribution in [2.24, 2.45) is 0 Å². The van der Waals surface area contributed by atoms with Crippen LogP contribution in [0.1, 0.15) is 0 Å². The molecule has 4 heteroatoms. The highest BCUT2D eigenvalue weighted by molar-refractivity contribution is 6.80. The van der Waals surface area contributed by atoms with Crippen molar-refractivity contribution < 1.29 is 4.43 Å². The summed E-state index contributed by atoms with van der Waals surface area (Å²) in [6.07, 6.45) is 0. The SMILES string of the molecule is CO[SiH3].[SiH3]Cl. The molecule has 0 aliphatic rings. The van der Waals surface area contributed by atoms with Crippen molar-refractivity contribution in [2.75, 3.05) is 7.11 Å². The lowest BCUT2D eigenvalue weighted by atomic mass is 11.8. The van der Waals surface area contributed by atoms with Crippen molar-refractivity contribution in [2.45, 2.75) is 0 Å². The van der Waals surface area contributed by atoms with Crippen LogP contribution in [0.15, 0.2) is 0 Å². The van der Waals surface area contributed by atoms with E-state index >= 15 is 0 Å². The van der Waals surface area contributed by atoms with Gasteiger partial charge < -0.3 is 4.43 Å². The highest BCUT2D eigenvalue weighted by atomic mass is 35.6. The third-order valence-corrected chi connectivity index (χ3v) is 0. The Bertz CT molecular complexity index is 9.61. The predicted octanol–water partition coefficient (Wildman–Crippen LogP) is -1.58. The molecule has 0 N–H and O–H groups in total. The van der Waals surface area contributed by atoms with Crippen LogP contribution in [0.4, 0.5) is 0 Å². The summed E-state index contributed by atoms with van der Waals surface area (Å²) in [5.74, 6) is 0. The van der Waals surface area contributed by atoms with Crippen LogP contribution in [0.25, 0.3) is 0 Å². The topological polar surface area (TPSA) is 9.23 Å². The molecule has 0 saturated heterocycles. The second kappa shape index (κ2) is 22.4. The zero-order valence-electron chi connectivity index (χ0n) is 3.79. The molecule has 0 aromatic carbocycles. The summed E-state index contributed by atoms with van der Waals surface area (Å²) in [5.41, 5.74) is 0. The van der Waals surface area contributed by atoms with E-state index in [4.69, 9.17) is 11.1 Å². The zero-order chi connectivity index (χ0) is 4.71. The fourth-order valence-electron chi connectivity index (χ4n) is 0. The van der Waals surface area contributed by atoms with E-state index in [9.17, 15) is 0 Å². The third kappa shape index (κ3) is 72.2. The zero-order valence-corrected chi connectivity index (χ0v) is 8.54. The summed E-state index contributed by atoms with van der Waals surface area (Å²) in [7, 11) is 3.33. The molecule has 5 heavy (non-hydrogen) atoms. The molecule has 0 amide bonds. The van der Waals surface area contributed by atoms with Crippen molar-refractivity contribution in [3.63, 3.8) is 0 Å². The molecule has 0 heterocycles. The minimum Gasteiger partial charge on any atom is -0.431 e. The van der Waals surface area contributed by atoms with Crippen LogP contribution in [0.2, 0.25) is 0 Å². The first-order valence-corrected chi connectivity index (χ1v) is 5.03. The van der Waals surface area contributed by atoms with Crippen molar-refractivity contribution in [3.05, 3.63) is 0 Å². The molecule has 0 aliphatic heterocycles. The highest BCUT2D eigenvalue weighted by Crippen LogP contribution is 1.29. The fraction of sp³-hybridized carbons (Fsp3) is 1.00. The van der Waals surface area contributed by atoms with Gasteiger partial charge in [0.25, 0.3) is 0 Å². The summed E-state index contributed by atoms with van der Waals surface area (Å²) in [4.78, 5) is 0. The average molecular weight is 129 g/mol. The lowest BCUT2D eigenvalue weighted by molar-refractivity contribution is 0.460. The highest BCUT2D eigenvalue weighted by Gasteiger charge is 1.27. The molecule has 0 fully saturated rings. The van der Waals surface area contributed by atoms with Gasteiger partial charge in [0.1, 0.15) is 20.0 Å². The molecule has 0 atom stereocenters. The largest absolute Gasteiger partial charge is 0.431 e. The van der Waals surface area contributed by atoms with Crippen molar-refractivity contribution in [3.8, 4) is 0 Å². The fourth-order valence-corrected chi connectivity index (χ4v) is 0. The number of hydrogen-bond acceptors (Lipinski definition) is 1. The van der Waals surface area contributed by atoms with Gasteiger partial charge in [-0.15, -0.1) is 0 Å². The van der Waals surface area contributed by atoms with Crippen LogP contribution in [-0.4, -0.2) is 27.1 Å². The minimum atomic E-state index is 0.778. The summed E-state index contributed by atoms with van der Waals surface area (Å²) < 4.78 is 4.39. The number of halogens is 1. The molecule has 34 valence electrons. The Hall–Kier alpha value is 0.684. The van der Waals surface area contributed by atoms with Crippen molar-refractivity contribution >= 4 is 31.1 Å². The maximum atomic E-state index is 4.78. The summed E-state index contributed by atoms with van der Waals surface area (Å²) in [6.45, 7) is 0. The van der Waals surface area contributed by atoms with Gasteiger partial charge in [-0.25, -0.2) is 0 Å². The van der Waals surface area contributed by atoms with Gasteiger partial charge in [-0.1, -0.05) is 0 Å². The van der Waals surface area contributed by atoms with Crippen molar-refractivity contribution in [1.29, 1.82) is 0 Å². The molecule has 0 radical (unpaired) electrons. The molecule has 0 aromatic heterocycles. The predicted molar refractivity (Wildman–Crippen MR) is 32.7 cm³/mol. The van der Waals surface area contributed by atoms with Crippen molar-refractivity contribution in [1.82, 2.24) is 0 Å². The van der Waals surface area contributed by atoms with Gasteiger partial charge >= 0.3 is 0 Å².